The fraction of sp³-hybridized carbons (Fsp3) is 0.478. The van der Waals surface area contributed by atoms with Gasteiger partial charge < -0.3 is 26.4 Å². The lowest BCUT2D eigenvalue weighted by molar-refractivity contribution is -0.149. The number of nitrogens with one attached hydrogen (secondary N) is 1. The monoisotopic (exact) mass is 439 g/mol. The zero-order chi connectivity index (χ0) is 22.7. The molecule has 2 fully saturated rings. The Hall–Kier alpha value is -3.20. The van der Waals surface area contributed by atoms with Crippen LogP contribution in [0.2, 0.25) is 0 Å². The topological polar surface area (TPSA) is 141 Å². The minimum absolute atomic E-state index is 0.108. The molecule has 1 aromatic carbocycles. The van der Waals surface area contributed by atoms with Gasteiger partial charge in [0.05, 0.1) is 6.04 Å². The molecule has 0 bridgehead atoms. The summed E-state index contributed by atoms with van der Waals surface area (Å²) in [7, 11) is 0. The van der Waals surface area contributed by atoms with Gasteiger partial charge in [0.1, 0.15) is 6.04 Å². The Balaban J connectivity index is 1.35. The van der Waals surface area contributed by atoms with Crippen LogP contribution < -0.4 is 21.5 Å². The Kier molecular flexibility index (Phi) is 6.55. The zero-order valence-corrected chi connectivity index (χ0v) is 18.0. The van der Waals surface area contributed by atoms with Crippen LogP contribution in [0.4, 0.5) is 4.79 Å². The molecule has 1 aromatic heterocycles. The lowest BCUT2D eigenvalue weighted by atomic mass is 9.83. The molecule has 9 heteroatoms. The van der Waals surface area contributed by atoms with Gasteiger partial charge >= 0.3 is 6.09 Å². The molecule has 0 spiro atoms. The second-order valence-electron chi connectivity index (χ2n) is 8.57. The molecule has 1 saturated carbocycles. The number of likely N-dealkylation sites (tertiary alicyclic amines) is 1. The number of ether oxygens (including phenoxy) is 1. The van der Waals surface area contributed by atoms with Crippen LogP contribution in [0.5, 0.6) is 5.88 Å². The summed E-state index contributed by atoms with van der Waals surface area (Å²) in [4.78, 5) is 42.2. The van der Waals surface area contributed by atoms with Gasteiger partial charge in [-0.1, -0.05) is 25.3 Å². The normalized spacial score (nSPS) is 19.8. The van der Waals surface area contributed by atoms with Crippen molar-refractivity contribution in [2.45, 2.75) is 57.2 Å². The molecule has 1 saturated heterocycles. The van der Waals surface area contributed by atoms with Gasteiger partial charge in [0.15, 0.2) is 0 Å². The molecular formula is C23H29N5O4. The van der Waals surface area contributed by atoms with E-state index >= 15 is 0 Å². The van der Waals surface area contributed by atoms with Crippen LogP contribution in [-0.2, 0) is 16.1 Å². The molecule has 2 heterocycles. The van der Waals surface area contributed by atoms with E-state index in [4.69, 9.17) is 16.2 Å². The third-order valence-corrected chi connectivity index (χ3v) is 6.50. The Bertz CT molecular complexity index is 1020. The SMILES string of the molecule is NC(=O)Oc1nccc2cc(CNC(=O)C3CCN3C(=O)C(N)C3CCCCC3)ccc12. The molecule has 1 aliphatic carbocycles. The number of fused-ring (bicyclic) bond motifs is 1. The Morgan fingerprint density at radius 2 is 1.94 bits per heavy atom. The highest BCUT2D eigenvalue weighted by molar-refractivity contribution is 5.92. The van der Waals surface area contributed by atoms with Gasteiger partial charge in [-0.25, -0.2) is 9.78 Å². The standard InChI is InChI=1S/C23H29N5O4/c24-19(15-4-2-1-3-5-15)22(30)28-11-9-18(28)20(29)27-13-14-6-7-17-16(12-14)8-10-26-21(17)32-23(25)31/h6-8,10,12,15,18-19H,1-5,9,11,13,24H2,(H2,25,31)(H,27,29). The van der Waals surface area contributed by atoms with Gasteiger partial charge in [-0.3, -0.25) is 9.59 Å². The van der Waals surface area contributed by atoms with Crippen molar-refractivity contribution in [1.29, 1.82) is 0 Å². The molecule has 5 N–H and O–H groups in total. The smallest absolute Gasteiger partial charge is 0.391 e. The van der Waals surface area contributed by atoms with Gasteiger partial charge in [-0.2, -0.15) is 0 Å². The van der Waals surface area contributed by atoms with Gasteiger partial charge in [0.25, 0.3) is 0 Å². The molecule has 32 heavy (non-hydrogen) atoms. The summed E-state index contributed by atoms with van der Waals surface area (Å²) in [5.74, 6) is 0.0797. The van der Waals surface area contributed by atoms with Crippen LogP contribution in [0.3, 0.4) is 0 Å². The van der Waals surface area contributed by atoms with Gasteiger partial charge in [0, 0.05) is 24.7 Å². The maximum Gasteiger partial charge on any atom is 0.411 e. The molecular weight excluding hydrogens is 410 g/mol. The van der Waals surface area contributed by atoms with E-state index in [1.807, 2.05) is 12.1 Å². The van der Waals surface area contributed by atoms with Crippen molar-refractivity contribution in [1.82, 2.24) is 15.2 Å². The highest BCUT2D eigenvalue weighted by Crippen LogP contribution is 2.29. The van der Waals surface area contributed by atoms with Crippen molar-refractivity contribution in [3.05, 3.63) is 36.0 Å². The number of rotatable bonds is 6. The van der Waals surface area contributed by atoms with Crippen molar-refractivity contribution < 1.29 is 19.1 Å². The molecule has 0 radical (unpaired) electrons. The van der Waals surface area contributed by atoms with Crippen molar-refractivity contribution in [3.8, 4) is 5.88 Å². The van der Waals surface area contributed by atoms with Crippen LogP contribution in [0.15, 0.2) is 30.5 Å². The summed E-state index contributed by atoms with van der Waals surface area (Å²) < 4.78 is 4.93. The van der Waals surface area contributed by atoms with Crippen LogP contribution in [0.1, 0.15) is 44.1 Å². The van der Waals surface area contributed by atoms with Crippen LogP contribution in [0.25, 0.3) is 10.8 Å². The predicted octanol–water partition coefficient (Wildman–Crippen LogP) is 1.82. The summed E-state index contributed by atoms with van der Waals surface area (Å²) in [6, 6.07) is 6.28. The Morgan fingerprint density at radius 1 is 1.16 bits per heavy atom. The molecule has 2 unspecified atom stereocenters. The molecule has 9 nitrogen and oxygen atoms in total. The maximum atomic E-state index is 12.8. The number of hydrogen-bond donors (Lipinski definition) is 3. The largest absolute Gasteiger partial charge is 0.411 e. The molecule has 2 aliphatic rings. The van der Waals surface area contributed by atoms with Crippen LogP contribution in [-0.4, -0.2) is 46.4 Å². The van der Waals surface area contributed by atoms with Crippen LogP contribution in [0, 0.1) is 5.92 Å². The highest BCUT2D eigenvalue weighted by Gasteiger charge is 2.41. The van der Waals surface area contributed by atoms with Crippen molar-refractivity contribution in [2.75, 3.05) is 6.54 Å². The third kappa shape index (κ3) is 4.67. The minimum Gasteiger partial charge on any atom is -0.391 e. The summed E-state index contributed by atoms with van der Waals surface area (Å²) in [5.41, 5.74) is 12.2. The summed E-state index contributed by atoms with van der Waals surface area (Å²) >= 11 is 0. The average molecular weight is 440 g/mol. The maximum absolute atomic E-state index is 12.8. The molecule has 2 atom stereocenters. The number of primary amides is 1. The van der Waals surface area contributed by atoms with Gasteiger partial charge in [0.2, 0.25) is 17.7 Å². The van der Waals surface area contributed by atoms with E-state index in [9.17, 15) is 14.4 Å². The van der Waals surface area contributed by atoms with Crippen molar-refractivity contribution in [3.63, 3.8) is 0 Å². The summed E-state index contributed by atoms with van der Waals surface area (Å²) in [5, 5.41) is 4.38. The van der Waals surface area contributed by atoms with E-state index in [2.05, 4.69) is 10.3 Å². The van der Waals surface area contributed by atoms with E-state index in [0.29, 0.717) is 24.9 Å². The van der Waals surface area contributed by atoms with Crippen molar-refractivity contribution >= 4 is 28.7 Å². The van der Waals surface area contributed by atoms with E-state index in [-0.39, 0.29) is 23.6 Å². The Labute approximate surface area is 186 Å². The van der Waals surface area contributed by atoms with Gasteiger partial charge in [-0.15, -0.1) is 0 Å². The molecule has 1 aliphatic heterocycles. The second-order valence-corrected chi connectivity index (χ2v) is 8.57. The van der Waals surface area contributed by atoms with Gasteiger partial charge in [-0.05, 0) is 54.3 Å². The number of amides is 3. The van der Waals surface area contributed by atoms with E-state index in [1.54, 1.807) is 17.0 Å². The summed E-state index contributed by atoms with van der Waals surface area (Å²) in [6.07, 6.45) is 6.66. The number of hydrogen-bond acceptors (Lipinski definition) is 6. The lowest BCUT2D eigenvalue weighted by Gasteiger charge is -2.42. The Morgan fingerprint density at radius 3 is 2.62 bits per heavy atom. The number of aromatic nitrogens is 1. The predicted molar refractivity (Wildman–Crippen MR) is 118 cm³/mol. The third-order valence-electron chi connectivity index (χ3n) is 6.50. The second kappa shape index (κ2) is 9.52. The number of pyridine rings is 1. The lowest BCUT2D eigenvalue weighted by Crippen LogP contribution is -2.62. The summed E-state index contributed by atoms with van der Waals surface area (Å²) in [6.45, 7) is 0.888. The number of nitrogens with two attached hydrogens (primary N) is 2. The fourth-order valence-corrected chi connectivity index (χ4v) is 4.60. The van der Waals surface area contributed by atoms with E-state index in [1.165, 1.54) is 12.6 Å². The first-order valence-corrected chi connectivity index (χ1v) is 11.1. The number of benzene rings is 1. The minimum atomic E-state index is -0.927. The van der Waals surface area contributed by atoms with Crippen molar-refractivity contribution in [2.24, 2.45) is 17.4 Å². The highest BCUT2D eigenvalue weighted by atomic mass is 16.6. The molecule has 4 rings (SSSR count). The first-order chi connectivity index (χ1) is 15.4. The molecule has 3 amide bonds. The number of carbonyl (C=O) groups excluding carboxylic acids is 3. The number of nitrogens with zero attached hydrogens (tertiary/aromatic N) is 2. The zero-order valence-electron chi connectivity index (χ0n) is 18.0. The quantitative estimate of drug-likeness (QED) is 0.627. The fourth-order valence-electron chi connectivity index (χ4n) is 4.60. The first kappa shape index (κ1) is 22.0. The van der Waals surface area contributed by atoms with E-state index < -0.39 is 18.2 Å². The number of carbonyl (C=O) groups is 3. The first-order valence-electron chi connectivity index (χ1n) is 11.1. The molecule has 170 valence electrons. The average Bonchev–Trinajstić information content (AvgIpc) is 2.76. The molecule has 2 aromatic rings. The van der Waals surface area contributed by atoms with Crippen LogP contribution >= 0.6 is 0 Å². The van der Waals surface area contributed by atoms with E-state index in [0.717, 1.165) is 36.6 Å².